The van der Waals surface area contributed by atoms with Gasteiger partial charge in [-0.2, -0.15) is 0 Å². The largest absolute Gasteiger partial charge is 0.258 e. The van der Waals surface area contributed by atoms with Crippen LogP contribution < -0.4 is 0 Å². The molecule has 0 fully saturated rings. The van der Waals surface area contributed by atoms with Crippen LogP contribution in [-0.2, 0) is 0 Å². The Morgan fingerprint density at radius 3 is 2.52 bits per heavy atom. The molecular formula is C16H12ClF2N3S. The SMILES string of the molecule is CC(Sc1n[nH]c(-c2ccc(Cl)cc2)n1)c1ccc(F)c(F)c1. The molecule has 23 heavy (non-hydrogen) atoms. The van der Waals surface area contributed by atoms with Gasteiger partial charge in [-0.25, -0.2) is 13.8 Å². The van der Waals surface area contributed by atoms with Gasteiger partial charge in [-0.3, -0.25) is 5.10 Å². The van der Waals surface area contributed by atoms with E-state index in [0.29, 0.717) is 21.6 Å². The van der Waals surface area contributed by atoms with Crippen molar-refractivity contribution in [2.24, 2.45) is 0 Å². The van der Waals surface area contributed by atoms with E-state index in [2.05, 4.69) is 15.2 Å². The molecule has 0 radical (unpaired) electrons. The monoisotopic (exact) mass is 351 g/mol. The minimum atomic E-state index is -0.855. The van der Waals surface area contributed by atoms with Crippen molar-refractivity contribution in [3.8, 4) is 11.4 Å². The predicted molar refractivity (Wildman–Crippen MR) is 87.5 cm³/mol. The summed E-state index contributed by atoms with van der Waals surface area (Å²) in [5.41, 5.74) is 1.54. The van der Waals surface area contributed by atoms with Crippen LogP contribution in [0.4, 0.5) is 8.78 Å². The van der Waals surface area contributed by atoms with Crippen molar-refractivity contribution in [1.29, 1.82) is 0 Å². The summed E-state index contributed by atoms with van der Waals surface area (Å²) in [6, 6.07) is 11.1. The Hall–Kier alpha value is -1.92. The molecule has 1 atom stereocenters. The topological polar surface area (TPSA) is 41.6 Å². The molecule has 3 rings (SSSR count). The minimum absolute atomic E-state index is 0.112. The van der Waals surface area contributed by atoms with Crippen LogP contribution in [0.25, 0.3) is 11.4 Å². The molecular weight excluding hydrogens is 340 g/mol. The molecule has 0 aliphatic rings. The number of thioether (sulfide) groups is 1. The maximum absolute atomic E-state index is 13.3. The van der Waals surface area contributed by atoms with Gasteiger partial charge in [0.1, 0.15) is 0 Å². The van der Waals surface area contributed by atoms with Crippen molar-refractivity contribution < 1.29 is 8.78 Å². The van der Waals surface area contributed by atoms with Crippen molar-refractivity contribution >= 4 is 23.4 Å². The van der Waals surface area contributed by atoms with E-state index in [9.17, 15) is 8.78 Å². The number of halogens is 3. The molecule has 0 amide bonds. The number of benzene rings is 2. The smallest absolute Gasteiger partial charge is 0.209 e. The van der Waals surface area contributed by atoms with E-state index in [4.69, 9.17) is 11.6 Å². The van der Waals surface area contributed by atoms with Gasteiger partial charge in [0.25, 0.3) is 0 Å². The van der Waals surface area contributed by atoms with Crippen LogP contribution in [0.1, 0.15) is 17.7 Å². The Morgan fingerprint density at radius 1 is 1.09 bits per heavy atom. The predicted octanol–water partition coefficient (Wildman–Crippen LogP) is 5.26. The maximum atomic E-state index is 13.3. The van der Waals surface area contributed by atoms with E-state index in [1.165, 1.54) is 17.8 Å². The number of nitrogens with one attached hydrogen (secondary N) is 1. The van der Waals surface area contributed by atoms with Crippen LogP contribution in [0.15, 0.2) is 47.6 Å². The number of aromatic amines is 1. The van der Waals surface area contributed by atoms with Crippen molar-refractivity contribution in [2.45, 2.75) is 17.3 Å². The molecule has 0 aliphatic heterocycles. The Kier molecular flexibility index (Phi) is 4.63. The van der Waals surface area contributed by atoms with E-state index < -0.39 is 11.6 Å². The van der Waals surface area contributed by atoms with Gasteiger partial charge in [-0.05, 0) is 48.9 Å². The third-order valence-electron chi connectivity index (χ3n) is 3.28. The summed E-state index contributed by atoms with van der Waals surface area (Å²) in [6.45, 7) is 1.88. The van der Waals surface area contributed by atoms with Gasteiger partial charge in [-0.1, -0.05) is 29.4 Å². The molecule has 0 spiro atoms. The highest BCUT2D eigenvalue weighted by Gasteiger charge is 2.14. The molecule has 1 aromatic heterocycles. The van der Waals surface area contributed by atoms with Gasteiger partial charge in [0.05, 0.1) is 0 Å². The molecule has 2 aromatic carbocycles. The number of rotatable bonds is 4. The van der Waals surface area contributed by atoms with Crippen LogP contribution in [0.3, 0.4) is 0 Å². The fourth-order valence-electron chi connectivity index (χ4n) is 2.03. The molecule has 3 nitrogen and oxygen atoms in total. The lowest BCUT2D eigenvalue weighted by atomic mass is 10.1. The second-order valence-corrected chi connectivity index (χ2v) is 6.65. The average Bonchev–Trinajstić information content (AvgIpc) is 2.99. The summed E-state index contributed by atoms with van der Waals surface area (Å²) < 4.78 is 26.3. The van der Waals surface area contributed by atoms with Crippen molar-refractivity contribution in [3.05, 3.63) is 64.7 Å². The summed E-state index contributed by atoms with van der Waals surface area (Å²) in [7, 11) is 0. The highest BCUT2D eigenvalue weighted by atomic mass is 35.5. The fourth-order valence-corrected chi connectivity index (χ4v) is 2.99. The van der Waals surface area contributed by atoms with E-state index >= 15 is 0 Å². The molecule has 3 aromatic rings. The quantitative estimate of drug-likeness (QED) is 0.652. The Morgan fingerprint density at radius 2 is 1.83 bits per heavy atom. The van der Waals surface area contributed by atoms with Crippen molar-refractivity contribution in [2.75, 3.05) is 0 Å². The van der Waals surface area contributed by atoms with E-state index in [-0.39, 0.29) is 5.25 Å². The molecule has 118 valence electrons. The molecule has 1 unspecified atom stereocenters. The van der Waals surface area contributed by atoms with Gasteiger partial charge in [0.15, 0.2) is 17.5 Å². The van der Waals surface area contributed by atoms with Gasteiger partial charge >= 0.3 is 0 Å². The van der Waals surface area contributed by atoms with Crippen LogP contribution in [0.5, 0.6) is 0 Å². The standard InChI is InChI=1S/C16H12ClF2N3S/c1-9(11-4-7-13(18)14(19)8-11)23-16-20-15(21-22-16)10-2-5-12(17)6-3-10/h2-9H,1H3,(H,20,21,22). The van der Waals surface area contributed by atoms with Gasteiger partial charge in [0, 0.05) is 15.8 Å². The second-order valence-electron chi connectivity index (χ2n) is 4.91. The zero-order valence-electron chi connectivity index (χ0n) is 12.1. The Balaban J connectivity index is 1.75. The zero-order chi connectivity index (χ0) is 16.4. The van der Waals surface area contributed by atoms with E-state index in [1.807, 2.05) is 19.1 Å². The third kappa shape index (κ3) is 3.71. The lowest BCUT2D eigenvalue weighted by Crippen LogP contribution is -1.93. The molecule has 1 heterocycles. The summed E-state index contributed by atoms with van der Waals surface area (Å²) in [5.74, 6) is -1.08. The minimum Gasteiger partial charge on any atom is -0.258 e. The maximum Gasteiger partial charge on any atom is 0.209 e. The summed E-state index contributed by atoms with van der Waals surface area (Å²) in [4.78, 5) is 4.40. The van der Waals surface area contributed by atoms with E-state index in [0.717, 1.165) is 11.6 Å². The number of nitrogens with zero attached hydrogens (tertiary/aromatic N) is 2. The lowest BCUT2D eigenvalue weighted by molar-refractivity contribution is 0.507. The number of hydrogen-bond donors (Lipinski definition) is 1. The molecule has 0 saturated carbocycles. The first-order valence-electron chi connectivity index (χ1n) is 6.83. The van der Waals surface area contributed by atoms with Crippen LogP contribution in [-0.4, -0.2) is 15.2 Å². The number of H-pyrrole nitrogens is 1. The van der Waals surface area contributed by atoms with Gasteiger partial charge in [0.2, 0.25) is 5.16 Å². The molecule has 0 bridgehead atoms. The molecule has 0 aliphatic carbocycles. The highest BCUT2D eigenvalue weighted by Crippen LogP contribution is 2.34. The normalized spacial score (nSPS) is 12.3. The summed E-state index contributed by atoms with van der Waals surface area (Å²) >= 11 is 7.22. The first-order chi connectivity index (χ1) is 11.0. The van der Waals surface area contributed by atoms with Gasteiger partial charge in [-0.15, -0.1) is 5.10 Å². The first-order valence-corrected chi connectivity index (χ1v) is 8.08. The third-order valence-corrected chi connectivity index (χ3v) is 4.55. The number of hydrogen-bond acceptors (Lipinski definition) is 3. The fraction of sp³-hybridized carbons (Fsp3) is 0.125. The van der Waals surface area contributed by atoms with Gasteiger partial charge < -0.3 is 0 Å². The van der Waals surface area contributed by atoms with E-state index in [1.54, 1.807) is 18.2 Å². The molecule has 7 heteroatoms. The van der Waals surface area contributed by atoms with Crippen LogP contribution >= 0.6 is 23.4 Å². The zero-order valence-corrected chi connectivity index (χ0v) is 13.6. The Labute approximate surface area is 141 Å². The van der Waals surface area contributed by atoms with Crippen LogP contribution in [0.2, 0.25) is 5.02 Å². The average molecular weight is 352 g/mol. The number of aromatic nitrogens is 3. The first kappa shape index (κ1) is 16.0. The second kappa shape index (κ2) is 6.68. The molecule has 0 saturated heterocycles. The molecule has 1 N–H and O–H groups in total. The highest BCUT2D eigenvalue weighted by molar-refractivity contribution is 7.99. The van der Waals surface area contributed by atoms with Crippen molar-refractivity contribution in [1.82, 2.24) is 15.2 Å². The summed E-state index contributed by atoms with van der Waals surface area (Å²) in [6.07, 6.45) is 0. The Bertz CT molecular complexity index is 820. The van der Waals surface area contributed by atoms with Crippen LogP contribution in [0, 0.1) is 11.6 Å². The van der Waals surface area contributed by atoms with Crippen molar-refractivity contribution in [3.63, 3.8) is 0 Å². The summed E-state index contributed by atoms with van der Waals surface area (Å²) in [5, 5.41) is 8.08. The lowest BCUT2D eigenvalue weighted by Gasteiger charge is -2.09.